The Labute approximate surface area is 158 Å². The number of carbonyl (C=O) groups excluding carboxylic acids is 1. The minimum atomic E-state index is -0.0847. The normalized spacial score (nSPS) is 10.6. The molecule has 4 heteroatoms. The van der Waals surface area contributed by atoms with Gasteiger partial charge in [0.15, 0.2) is 0 Å². The van der Waals surface area contributed by atoms with Crippen LogP contribution in [0.25, 0.3) is 0 Å². The number of thiophene rings is 1. The van der Waals surface area contributed by atoms with Crippen molar-refractivity contribution in [3.05, 3.63) is 81.0 Å². The average molecular weight is 365 g/mol. The van der Waals surface area contributed by atoms with Gasteiger partial charge in [0.1, 0.15) is 12.4 Å². The second-order valence-corrected chi connectivity index (χ2v) is 7.35. The Morgan fingerprint density at radius 1 is 1.00 bits per heavy atom. The number of carbonyl (C=O) groups is 1. The number of hydrogen-bond donors (Lipinski definition) is 1. The summed E-state index contributed by atoms with van der Waals surface area (Å²) in [6, 6.07) is 16.0. The summed E-state index contributed by atoms with van der Waals surface area (Å²) in [5, 5.41) is 4.94. The van der Waals surface area contributed by atoms with Gasteiger partial charge in [0.25, 0.3) is 5.91 Å². The van der Waals surface area contributed by atoms with E-state index in [0.717, 1.165) is 34.5 Å². The van der Waals surface area contributed by atoms with Gasteiger partial charge in [-0.25, -0.2) is 0 Å². The molecule has 134 valence electrons. The molecule has 0 aliphatic heterocycles. The zero-order chi connectivity index (χ0) is 18.5. The van der Waals surface area contributed by atoms with Gasteiger partial charge in [-0.1, -0.05) is 25.1 Å². The van der Waals surface area contributed by atoms with E-state index in [4.69, 9.17) is 4.74 Å². The van der Waals surface area contributed by atoms with Crippen molar-refractivity contribution in [3.63, 3.8) is 0 Å². The molecule has 0 spiro atoms. The lowest BCUT2D eigenvalue weighted by molar-refractivity contribution is 0.103. The first-order valence-electron chi connectivity index (χ1n) is 8.72. The molecule has 3 aromatic rings. The third-order valence-corrected chi connectivity index (χ3v) is 5.07. The minimum absolute atomic E-state index is 0.0847. The van der Waals surface area contributed by atoms with Crippen LogP contribution in [0.15, 0.2) is 53.9 Å². The SMILES string of the molecule is CCc1ccc(OCc2csc(C(=O)Nc3cc(C)cc(C)c3)c2)cc1. The van der Waals surface area contributed by atoms with E-state index in [-0.39, 0.29) is 5.91 Å². The smallest absolute Gasteiger partial charge is 0.265 e. The molecule has 0 unspecified atom stereocenters. The van der Waals surface area contributed by atoms with Crippen molar-refractivity contribution in [3.8, 4) is 5.75 Å². The Balaban J connectivity index is 1.60. The van der Waals surface area contributed by atoms with Crippen molar-refractivity contribution in [2.24, 2.45) is 0 Å². The lowest BCUT2D eigenvalue weighted by Gasteiger charge is -2.06. The second-order valence-electron chi connectivity index (χ2n) is 6.44. The van der Waals surface area contributed by atoms with Crippen LogP contribution in [-0.4, -0.2) is 5.91 Å². The largest absolute Gasteiger partial charge is 0.489 e. The standard InChI is InChI=1S/C22H23NO2S/c1-4-17-5-7-20(8-6-17)25-13-18-12-21(26-14-18)22(24)23-19-10-15(2)9-16(3)11-19/h5-12,14H,4,13H2,1-3H3,(H,23,24). The summed E-state index contributed by atoms with van der Waals surface area (Å²) in [6.07, 6.45) is 1.02. The fraction of sp³-hybridized carbons (Fsp3) is 0.227. The Bertz CT molecular complexity index is 877. The van der Waals surface area contributed by atoms with E-state index < -0.39 is 0 Å². The Kier molecular flexibility index (Phi) is 5.74. The monoisotopic (exact) mass is 365 g/mol. The predicted octanol–water partition coefficient (Wildman–Crippen LogP) is 5.76. The van der Waals surface area contributed by atoms with Crippen LogP contribution in [0.2, 0.25) is 0 Å². The van der Waals surface area contributed by atoms with Gasteiger partial charge in [-0.05, 0) is 72.7 Å². The van der Waals surface area contributed by atoms with E-state index in [1.54, 1.807) is 0 Å². The molecule has 1 amide bonds. The number of aryl methyl sites for hydroxylation is 3. The zero-order valence-electron chi connectivity index (χ0n) is 15.3. The molecule has 2 aromatic carbocycles. The minimum Gasteiger partial charge on any atom is -0.489 e. The first-order valence-corrected chi connectivity index (χ1v) is 9.60. The van der Waals surface area contributed by atoms with Crippen molar-refractivity contribution in [2.75, 3.05) is 5.32 Å². The van der Waals surface area contributed by atoms with Crippen LogP contribution in [0.1, 0.15) is 38.8 Å². The summed E-state index contributed by atoms with van der Waals surface area (Å²) < 4.78 is 5.81. The number of anilines is 1. The zero-order valence-corrected chi connectivity index (χ0v) is 16.2. The molecule has 0 atom stereocenters. The molecular formula is C22H23NO2S. The highest BCUT2D eigenvalue weighted by Gasteiger charge is 2.10. The van der Waals surface area contributed by atoms with E-state index in [9.17, 15) is 4.79 Å². The van der Waals surface area contributed by atoms with Crippen LogP contribution in [0.4, 0.5) is 5.69 Å². The Hall–Kier alpha value is -2.59. The summed E-state index contributed by atoms with van der Waals surface area (Å²) in [4.78, 5) is 13.1. The molecule has 0 saturated heterocycles. The van der Waals surface area contributed by atoms with Crippen LogP contribution in [0.3, 0.4) is 0 Å². The highest BCUT2D eigenvalue weighted by molar-refractivity contribution is 7.12. The maximum Gasteiger partial charge on any atom is 0.265 e. The summed E-state index contributed by atoms with van der Waals surface area (Å²) in [5.41, 5.74) is 5.39. The van der Waals surface area contributed by atoms with Gasteiger partial charge in [0, 0.05) is 11.3 Å². The third-order valence-electron chi connectivity index (χ3n) is 4.09. The van der Waals surface area contributed by atoms with Gasteiger partial charge in [-0.15, -0.1) is 11.3 Å². The van der Waals surface area contributed by atoms with Crippen molar-refractivity contribution >= 4 is 22.9 Å². The van der Waals surface area contributed by atoms with Crippen molar-refractivity contribution in [1.82, 2.24) is 0 Å². The molecule has 3 nitrogen and oxygen atoms in total. The molecule has 0 fully saturated rings. The van der Waals surface area contributed by atoms with Crippen LogP contribution >= 0.6 is 11.3 Å². The number of benzene rings is 2. The van der Waals surface area contributed by atoms with E-state index >= 15 is 0 Å². The van der Waals surface area contributed by atoms with Crippen molar-refractivity contribution < 1.29 is 9.53 Å². The molecule has 1 aromatic heterocycles. The molecule has 0 aliphatic carbocycles. The Morgan fingerprint density at radius 2 is 1.69 bits per heavy atom. The topological polar surface area (TPSA) is 38.3 Å². The van der Waals surface area contributed by atoms with Gasteiger partial charge >= 0.3 is 0 Å². The second kappa shape index (κ2) is 8.19. The summed E-state index contributed by atoms with van der Waals surface area (Å²) in [5.74, 6) is 0.758. The summed E-state index contributed by atoms with van der Waals surface area (Å²) in [6.45, 7) is 6.64. The van der Waals surface area contributed by atoms with E-state index in [1.807, 2.05) is 49.6 Å². The fourth-order valence-electron chi connectivity index (χ4n) is 2.80. The maximum atomic E-state index is 12.5. The number of ether oxygens (including phenoxy) is 1. The van der Waals surface area contributed by atoms with Gasteiger partial charge in [-0.3, -0.25) is 4.79 Å². The molecule has 0 bridgehead atoms. The van der Waals surface area contributed by atoms with Gasteiger partial charge in [0.05, 0.1) is 4.88 Å². The summed E-state index contributed by atoms with van der Waals surface area (Å²) in [7, 11) is 0. The van der Waals surface area contributed by atoms with Gasteiger partial charge < -0.3 is 10.1 Å². The third kappa shape index (κ3) is 4.73. The molecule has 0 saturated carbocycles. The molecule has 0 radical (unpaired) electrons. The number of hydrogen-bond acceptors (Lipinski definition) is 3. The van der Waals surface area contributed by atoms with E-state index in [1.165, 1.54) is 16.9 Å². The first kappa shape index (κ1) is 18.2. The van der Waals surface area contributed by atoms with Crippen LogP contribution in [-0.2, 0) is 13.0 Å². The van der Waals surface area contributed by atoms with Crippen molar-refractivity contribution in [1.29, 1.82) is 0 Å². The Morgan fingerprint density at radius 3 is 2.35 bits per heavy atom. The number of rotatable bonds is 6. The molecule has 3 rings (SSSR count). The maximum absolute atomic E-state index is 12.5. The molecule has 26 heavy (non-hydrogen) atoms. The molecule has 0 aliphatic rings. The lowest BCUT2D eigenvalue weighted by Crippen LogP contribution is -2.10. The molecular weight excluding hydrogens is 342 g/mol. The van der Waals surface area contributed by atoms with Crippen molar-refractivity contribution in [2.45, 2.75) is 33.8 Å². The highest BCUT2D eigenvalue weighted by Crippen LogP contribution is 2.21. The van der Waals surface area contributed by atoms with Gasteiger partial charge in [-0.2, -0.15) is 0 Å². The molecule has 1 heterocycles. The highest BCUT2D eigenvalue weighted by atomic mass is 32.1. The summed E-state index contributed by atoms with van der Waals surface area (Å²) >= 11 is 1.43. The quantitative estimate of drug-likeness (QED) is 0.603. The lowest BCUT2D eigenvalue weighted by atomic mass is 10.1. The average Bonchev–Trinajstić information content (AvgIpc) is 3.08. The van der Waals surface area contributed by atoms with Gasteiger partial charge in [0.2, 0.25) is 0 Å². The first-order chi connectivity index (χ1) is 12.5. The fourth-order valence-corrected chi connectivity index (χ4v) is 3.59. The van der Waals surface area contributed by atoms with Crippen LogP contribution < -0.4 is 10.1 Å². The predicted molar refractivity (Wildman–Crippen MR) is 108 cm³/mol. The van der Waals surface area contributed by atoms with E-state index in [0.29, 0.717) is 11.5 Å². The number of nitrogens with one attached hydrogen (secondary N) is 1. The molecule has 1 N–H and O–H groups in total. The van der Waals surface area contributed by atoms with Crippen LogP contribution in [0, 0.1) is 13.8 Å². The number of amides is 1. The van der Waals surface area contributed by atoms with Crippen LogP contribution in [0.5, 0.6) is 5.75 Å². The van der Waals surface area contributed by atoms with E-state index in [2.05, 4.69) is 30.4 Å².